The minimum atomic E-state index is -0.231. The summed E-state index contributed by atoms with van der Waals surface area (Å²) in [5.41, 5.74) is 0. The van der Waals surface area contributed by atoms with Crippen molar-refractivity contribution in [2.45, 2.75) is 12.6 Å². The lowest BCUT2D eigenvalue weighted by molar-refractivity contribution is 0.170. The van der Waals surface area contributed by atoms with E-state index in [0.717, 1.165) is 0 Å². The second-order valence-electron chi connectivity index (χ2n) is 3.69. The first-order valence-electron chi connectivity index (χ1n) is 5.26. The topological polar surface area (TPSA) is 52.5 Å². The third kappa shape index (κ3) is 2.59. The molecule has 0 fully saturated rings. The molecule has 2 rings (SSSR count). The molecule has 4 heteroatoms. The Kier molecular flexibility index (Phi) is 3.90. The molecule has 0 saturated carbocycles. The summed E-state index contributed by atoms with van der Waals surface area (Å²) in [5, 5.41) is 22.2. The highest BCUT2D eigenvalue weighted by atomic mass is 32.1. The zero-order chi connectivity index (χ0) is 11.4. The third-order valence-corrected chi connectivity index (χ3v) is 3.60. The van der Waals surface area contributed by atoms with Crippen LogP contribution in [0.15, 0.2) is 30.3 Å². The molecule has 0 aliphatic rings. The van der Waals surface area contributed by atoms with E-state index in [4.69, 9.17) is 10.2 Å². The number of hydrogen-bond donors (Lipinski definition) is 3. The van der Waals surface area contributed by atoms with Gasteiger partial charge in [0.05, 0.1) is 19.3 Å². The Morgan fingerprint density at radius 3 is 2.62 bits per heavy atom. The molecule has 0 saturated heterocycles. The minimum Gasteiger partial charge on any atom is -0.395 e. The molecule has 0 bridgehead atoms. The lowest BCUT2D eigenvalue weighted by Crippen LogP contribution is -2.34. The van der Waals surface area contributed by atoms with Crippen molar-refractivity contribution >= 4 is 21.4 Å². The number of thiophene rings is 1. The van der Waals surface area contributed by atoms with Gasteiger partial charge in [0, 0.05) is 16.1 Å². The smallest absolute Gasteiger partial charge is 0.0607 e. The van der Waals surface area contributed by atoms with Crippen molar-refractivity contribution in [2.75, 3.05) is 13.2 Å². The van der Waals surface area contributed by atoms with Crippen LogP contribution in [0.2, 0.25) is 0 Å². The third-order valence-electron chi connectivity index (χ3n) is 2.48. The van der Waals surface area contributed by atoms with Crippen LogP contribution in [0.3, 0.4) is 0 Å². The summed E-state index contributed by atoms with van der Waals surface area (Å²) in [6.45, 7) is 0.605. The Bertz CT molecular complexity index is 418. The van der Waals surface area contributed by atoms with Crippen LogP contribution in [0, 0.1) is 0 Å². The second-order valence-corrected chi connectivity index (χ2v) is 4.86. The average Bonchev–Trinajstić information content (AvgIpc) is 2.73. The van der Waals surface area contributed by atoms with Gasteiger partial charge in [-0.05, 0) is 17.5 Å². The lowest BCUT2D eigenvalue weighted by atomic mass is 10.2. The van der Waals surface area contributed by atoms with E-state index < -0.39 is 0 Å². The van der Waals surface area contributed by atoms with Crippen LogP contribution in [0.5, 0.6) is 0 Å². The van der Waals surface area contributed by atoms with Gasteiger partial charge < -0.3 is 15.5 Å². The maximum Gasteiger partial charge on any atom is 0.0607 e. The molecule has 3 N–H and O–H groups in total. The highest BCUT2D eigenvalue weighted by Crippen LogP contribution is 2.24. The molecule has 2 aromatic rings. The molecular weight excluding hydrogens is 222 g/mol. The monoisotopic (exact) mass is 237 g/mol. The van der Waals surface area contributed by atoms with Crippen LogP contribution in [-0.2, 0) is 6.54 Å². The van der Waals surface area contributed by atoms with E-state index >= 15 is 0 Å². The van der Waals surface area contributed by atoms with Gasteiger partial charge in [-0.15, -0.1) is 11.3 Å². The standard InChI is InChI=1S/C12H15NO2S/c14-7-10(8-15)13-6-11-5-9-3-1-2-4-12(9)16-11/h1-5,10,13-15H,6-8H2. The summed E-state index contributed by atoms with van der Waals surface area (Å²) >= 11 is 1.73. The Labute approximate surface area is 98.4 Å². The number of aliphatic hydroxyl groups is 2. The summed E-state index contributed by atoms with van der Waals surface area (Å²) in [4.78, 5) is 1.22. The van der Waals surface area contributed by atoms with E-state index in [9.17, 15) is 0 Å². The molecule has 16 heavy (non-hydrogen) atoms. The fourth-order valence-corrected chi connectivity index (χ4v) is 2.57. The van der Waals surface area contributed by atoms with Gasteiger partial charge in [-0.2, -0.15) is 0 Å². The zero-order valence-corrected chi connectivity index (χ0v) is 9.70. The van der Waals surface area contributed by atoms with Gasteiger partial charge >= 0.3 is 0 Å². The van der Waals surface area contributed by atoms with Crippen LogP contribution in [0.1, 0.15) is 4.88 Å². The second kappa shape index (κ2) is 5.41. The normalized spacial score (nSPS) is 11.4. The largest absolute Gasteiger partial charge is 0.395 e. The average molecular weight is 237 g/mol. The molecule has 86 valence electrons. The van der Waals surface area contributed by atoms with Gasteiger partial charge in [0.2, 0.25) is 0 Å². The van der Waals surface area contributed by atoms with E-state index in [2.05, 4.69) is 23.5 Å². The summed E-state index contributed by atoms with van der Waals surface area (Å²) < 4.78 is 1.27. The van der Waals surface area contributed by atoms with Crippen LogP contribution >= 0.6 is 11.3 Å². The van der Waals surface area contributed by atoms with Gasteiger partial charge in [-0.25, -0.2) is 0 Å². The Balaban J connectivity index is 2.04. The van der Waals surface area contributed by atoms with Crippen molar-refractivity contribution in [2.24, 2.45) is 0 Å². The molecule has 0 spiro atoms. The molecular formula is C12H15NO2S. The van der Waals surface area contributed by atoms with E-state index in [1.807, 2.05) is 12.1 Å². The first kappa shape index (κ1) is 11.5. The highest BCUT2D eigenvalue weighted by Gasteiger charge is 2.06. The van der Waals surface area contributed by atoms with Crippen LogP contribution in [0.4, 0.5) is 0 Å². The number of hydrogen-bond acceptors (Lipinski definition) is 4. The zero-order valence-electron chi connectivity index (χ0n) is 8.89. The van der Waals surface area contributed by atoms with Crippen LogP contribution in [-0.4, -0.2) is 29.5 Å². The van der Waals surface area contributed by atoms with E-state index in [-0.39, 0.29) is 19.3 Å². The maximum absolute atomic E-state index is 8.92. The van der Waals surface area contributed by atoms with Crippen molar-refractivity contribution in [1.82, 2.24) is 5.32 Å². The number of benzene rings is 1. The van der Waals surface area contributed by atoms with Crippen molar-refractivity contribution < 1.29 is 10.2 Å². The molecule has 0 unspecified atom stereocenters. The van der Waals surface area contributed by atoms with Gasteiger partial charge in [0.25, 0.3) is 0 Å². The Morgan fingerprint density at radius 1 is 1.19 bits per heavy atom. The molecule has 0 aliphatic heterocycles. The SMILES string of the molecule is OCC(CO)NCc1cc2ccccc2s1. The number of fused-ring (bicyclic) bond motifs is 1. The summed E-state index contributed by atoms with van der Waals surface area (Å²) in [5.74, 6) is 0. The van der Waals surface area contributed by atoms with Crippen molar-refractivity contribution in [3.8, 4) is 0 Å². The Morgan fingerprint density at radius 2 is 1.94 bits per heavy atom. The number of rotatable bonds is 5. The van der Waals surface area contributed by atoms with E-state index in [0.29, 0.717) is 6.54 Å². The fourth-order valence-electron chi connectivity index (χ4n) is 1.56. The van der Waals surface area contributed by atoms with Crippen LogP contribution in [0.25, 0.3) is 10.1 Å². The predicted octanol–water partition coefficient (Wildman–Crippen LogP) is 1.34. The molecule has 0 atom stereocenters. The Hall–Kier alpha value is -0.940. The minimum absolute atomic E-state index is 0.0403. The molecule has 0 radical (unpaired) electrons. The van der Waals surface area contributed by atoms with E-state index in [1.165, 1.54) is 15.0 Å². The highest BCUT2D eigenvalue weighted by molar-refractivity contribution is 7.19. The quantitative estimate of drug-likeness (QED) is 0.735. The van der Waals surface area contributed by atoms with Gasteiger partial charge in [-0.3, -0.25) is 0 Å². The number of aliphatic hydroxyl groups excluding tert-OH is 2. The molecule has 3 nitrogen and oxygen atoms in total. The molecule has 0 amide bonds. The van der Waals surface area contributed by atoms with Crippen molar-refractivity contribution in [1.29, 1.82) is 0 Å². The van der Waals surface area contributed by atoms with Crippen molar-refractivity contribution in [3.63, 3.8) is 0 Å². The first-order valence-corrected chi connectivity index (χ1v) is 6.07. The molecule has 1 aromatic heterocycles. The van der Waals surface area contributed by atoms with E-state index in [1.54, 1.807) is 11.3 Å². The van der Waals surface area contributed by atoms with Crippen molar-refractivity contribution in [3.05, 3.63) is 35.2 Å². The lowest BCUT2D eigenvalue weighted by Gasteiger charge is -2.11. The number of nitrogens with one attached hydrogen (secondary N) is 1. The predicted molar refractivity (Wildman–Crippen MR) is 66.6 cm³/mol. The fraction of sp³-hybridized carbons (Fsp3) is 0.333. The van der Waals surface area contributed by atoms with Gasteiger partial charge in [0.1, 0.15) is 0 Å². The first-order chi connectivity index (χ1) is 7.83. The summed E-state index contributed by atoms with van der Waals surface area (Å²) in [6.07, 6.45) is 0. The van der Waals surface area contributed by atoms with Crippen LogP contribution < -0.4 is 5.32 Å². The molecule has 0 aliphatic carbocycles. The molecule has 1 heterocycles. The van der Waals surface area contributed by atoms with Gasteiger partial charge in [0.15, 0.2) is 0 Å². The maximum atomic E-state index is 8.92. The molecule has 1 aromatic carbocycles. The summed E-state index contributed by atoms with van der Waals surface area (Å²) in [7, 11) is 0. The van der Waals surface area contributed by atoms with Gasteiger partial charge in [-0.1, -0.05) is 18.2 Å². The summed E-state index contributed by atoms with van der Waals surface area (Å²) in [6, 6.07) is 10.1.